The predicted molar refractivity (Wildman–Crippen MR) is 91.5 cm³/mol. The van der Waals surface area contributed by atoms with E-state index >= 15 is 0 Å². The van der Waals surface area contributed by atoms with Gasteiger partial charge in [0.05, 0.1) is 12.2 Å². The van der Waals surface area contributed by atoms with E-state index in [9.17, 15) is 0 Å². The molecule has 4 nitrogen and oxygen atoms in total. The first-order valence-corrected chi connectivity index (χ1v) is 8.07. The zero-order valence-electron chi connectivity index (χ0n) is 12.9. The van der Waals surface area contributed by atoms with Gasteiger partial charge in [0.15, 0.2) is 0 Å². The Kier molecular flexibility index (Phi) is 5.82. The van der Waals surface area contributed by atoms with E-state index in [1.807, 2.05) is 24.0 Å². The Morgan fingerprint density at radius 3 is 2.81 bits per heavy atom. The molecule has 2 aromatic rings. The second kappa shape index (κ2) is 7.61. The van der Waals surface area contributed by atoms with Gasteiger partial charge in [-0.3, -0.25) is 0 Å². The van der Waals surface area contributed by atoms with Gasteiger partial charge < -0.3 is 14.8 Å². The molecule has 21 heavy (non-hydrogen) atoms. The highest BCUT2D eigenvalue weighted by Gasteiger charge is 2.09. The number of anilines is 1. The third-order valence-corrected chi connectivity index (χ3v) is 4.11. The van der Waals surface area contributed by atoms with E-state index in [1.165, 1.54) is 11.3 Å². The Balaban J connectivity index is 2.04. The summed E-state index contributed by atoms with van der Waals surface area (Å²) in [7, 11) is 4.11. The SMILES string of the molecule is CCCNCc1ccc(N(C)Cc2nccn2C)c(Br)c1. The average molecular weight is 351 g/mol. The first-order chi connectivity index (χ1) is 10.1. The van der Waals surface area contributed by atoms with Crippen LogP contribution in [0.4, 0.5) is 5.69 Å². The second-order valence-electron chi connectivity index (χ2n) is 5.27. The molecule has 0 spiro atoms. The van der Waals surface area contributed by atoms with Gasteiger partial charge in [-0.25, -0.2) is 4.98 Å². The predicted octanol–water partition coefficient (Wildman–Crippen LogP) is 3.32. The quantitative estimate of drug-likeness (QED) is 0.777. The molecule has 0 aliphatic heterocycles. The normalized spacial score (nSPS) is 10.9. The van der Waals surface area contributed by atoms with Gasteiger partial charge >= 0.3 is 0 Å². The maximum Gasteiger partial charge on any atom is 0.127 e. The first-order valence-electron chi connectivity index (χ1n) is 7.28. The third kappa shape index (κ3) is 4.32. The van der Waals surface area contributed by atoms with Gasteiger partial charge in [0.25, 0.3) is 0 Å². The van der Waals surface area contributed by atoms with Crippen LogP contribution < -0.4 is 10.2 Å². The van der Waals surface area contributed by atoms with Crippen molar-refractivity contribution in [3.05, 3.63) is 46.5 Å². The van der Waals surface area contributed by atoms with Crippen molar-refractivity contribution in [1.29, 1.82) is 0 Å². The van der Waals surface area contributed by atoms with Crippen molar-refractivity contribution in [2.75, 3.05) is 18.5 Å². The van der Waals surface area contributed by atoms with Gasteiger partial charge in [0.2, 0.25) is 0 Å². The summed E-state index contributed by atoms with van der Waals surface area (Å²) in [5.41, 5.74) is 2.47. The molecule has 1 heterocycles. The van der Waals surface area contributed by atoms with Gasteiger partial charge in [-0.1, -0.05) is 13.0 Å². The van der Waals surface area contributed by atoms with E-state index in [-0.39, 0.29) is 0 Å². The summed E-state index contributed by atoms with van der Waals surface area (Å²) in [6.07, 6.45) is 4.97. The second-order valence-corrected chi connectivity index (χ2v) is 6.13. The van der Waals surface area contributed by atoms with Crippen LogP contribution in [0.25, 0.3) is 0 Å². The van der Waals surface area contributed by atoms with Crippen LogP contribution in [0.2, 0.25) is 0 Å². The minimum Gasteiger partial charge on any atom is -0.366 e. The molecular formula is C16H23BrN4. The van der Waals surface area contributed by atoms with Crippen molar-refractivity contribution in [3.8, 4) is 0 Å². The maximum absolute atomic E-state index is 4.37. The fourth-order valence-electron chi connectivity index (χ4n) is 2.23. The number of nitrogens with one attached hydrogen (secondary N) is 1. The Labute approximate surface area is 135 Å². The van der Waals surface area contributed by atoms with Crippen molar-refractivity contribution >= 4 is 21.6 Å². The molecule has 1 aromatic heterocycles. The van der Waals surface area contributed by atoms with Gasteiger partial charge in [0, 0.05) is 37.5 Å². The zero-order valence-corrected chi connectivity index (χ0v) is 14.5. The molecule has 0 aliphatic rings. The summed E-state index contributed by atoms with van der Waals surface area (Å²) in [6.45, 7) is 4.93. The number of halogens is 1. The number of hydrogen-bond acceptors (Lipinski definition) is 3. The molecule has 0 saturated carbocycles. The molecule has 0 amide bonds. The molecule has 2 rings (SSSR count). The van der Waals surface area contributed by atoms with E-state index in [0.29, 0.717) is 0 Å². The number of imidazole rings is 1. The molecule has 0 bridgehead atoms. The molecule has 0 unspecified atom stereocenters. The summed E-state index contributed by atoms with van der Waals surface area (Å²) in [4.78, 5) is 6.58. The van der Waals surface area contributed by atoms with E-state index in [4.69, 9.17) is 0 Å². The Morgan fingerprint density at radius 2 is 2.19 bits per heavy atom. The molecule has 114 valence electrons. The molecule has 0 radical (unpaired) electrons. The monoisotopic (exact) mass is 350 g/mol. The molecule has 1 N–H and O–H groups in total. The summed E-state index contributed by atoms with van der Waals surface area (Å²) >= 11 is 3.68. The minimum absolute atomic E-state index is 0.787. The highest BCUT2D eigenvalue weighted by molar-refractivity contribution is 9.10. The average Bonchev–Trinajstić information content (AvgIpc) is 2.84. The van der Waals surface area contributed by atoms with Crippen molar-refractivity contribution < 1.29 is 0 Å². The summed E-state index contributed by atoms with van der Waals surface area (Å²) < 4.78 is 3.17. The summed E-state index contributed by atoms with van der Waals surface area (Å²) in [6, 6.07) is 6.53. The lowest BCUT2D eigenvalue weighted by Crippen LogP contribution is -2.19. The molecular weight excluding hydrogens is 328 g/mol. The van der Waals surface area contributed by atoms with Crippen LogP contribution in [0.3, 0.4) is 0 Å². The van der Waals surface area contributed by atoms with Crippen LogP contribution in [0.5, 0.6) is 0 Å². The fraction of sp³-hybridized carbons (Fsp3) is 0.438. The van der Waals surface area contributed by atoms with E-state index in [2.05, 4.69) is 63.3 Å². The van der Waals surface area contributed by atoms with Crippen LogP contribution >= 0.6 is 15.9 Å². The molecule has 5 heteroatoms. The topological polar surface area (TPSA) is 33.1 Å². The lowest BCUT2D eigenvalue weighted by molar-refractivity contribution is 0.675. The van der Waals surface area contributed by atoms with Gasteiger partial charge in [-0.15, -0.1) is 0 Å². The van der Waals surface area contributed by atoms with Crippen molar-refractivity contribution in [3.63, 3.8) is 0 Å². The lowest BCUT2D eigenvalue weighted by Gasteiger charge is -2.21. The van der Waals surface area contributed by atoms with Crippen molar-refractivity contribution in [1.82, 2.24) is 14.9 Å². The molecule has 0 atom stereocenters. The number of benzene rings is 1. The fourth-order valence-corrected chi connectivity index (χ4v) is 2.95. The molecule has 0 aliphatic carbocycles. The van der Waals surface area contributed by atoms with E-state index in [0.717, 1.165) is 36.4 Å². The van der Waals surface area contributed by atoms with Crippen molar-refractivity contribution in [2.45, 2.75) is 26.4 Å². The maximum atomic E-state index is 4.37. The van der Waals surface area contributed by atoms with Gasteiger partial charge in [-0.05, 0) is 46.6 Å². The van der Waals surface area contributed by atoms with Crippen LogP contribution in [0, 0.1) is 0 Å². The van der Waals surface area contributed by atoms with Gasteiger partial charge in [-0.2, -0.15) is 0 Å². The zero-order chi connectivity index (χ0) is 15.2. The highest BCUT2D eigenvalue weighted by Crippen LogP contribution is 2.27. The molecule has 0 fully saturated rings. The summed E-state index contributed by atoms with van der Waals surface area (Å²) in [5.74, 6) is 1.05. The number of aromatic nitrogens is 2. The standard InChI is InChI=1S/C16H23BrN4/c1-4-7-18-11-13-5-6-15(14(17)10-13)21(3)12-16-19-8-9-20(16)2/h5-6,8-10,18H,4,7,11-12H2,1-3H3. The number of nitrogens with zero attached hydrogens (tertiary/aromatic N) is 3. The number of aryl methyl sites for hydroxylation is 1. The largest absolute Gasteiger partial charge is 0.366 e. The van der Waals surface area contributed by atoms with Crippen LogP contribution in [0.1, 0.15) is 24.7 Å². The Bertz CT molecular complexity index is 579. The smallest absolute Gasteiger partial charge is 0.127 e. The van der Waals surface area contributed by atoms with E-state index < -0.39 is 0 Å². The number of hydrogen-bond donors (Lipinski definition) is 1. The third-order valence-electron chi connectivity index (χ3n) is 3.48. The van der Waals surface area contributed by atoms with Gasteiger partial charge in [0.1, 0.15) is 5.82 Å². The first kappa shape index (κ1) is 16.0. The van der Waals surface area contributed by atoms with Crippen LogP contribution in [0.15, 0.2) is 35.1 Å². The van der Waals surface area contributed by atoms with E-state index in [1.54, 1.807) is 0 Å². The summed E-state index contributed by atoms with van der Waals surface area (Å²) in [5, 5.41) is 3.42. The Morgan fingerprint density at radius 1 is 1.38 bits per heavy atom. The minimum atomic E-state index is 0.787. The van der Waals surface area contributed by atoms with Crippen molar-refractivity contribution in [2.24, 2.45) is 7.05 Å². The molecule has 1 aromatic carbocycles. The molecule has 0 saturated heterocycles. The number of rotatable bonds is 7. The van der Waals surface area contributed by atoms with Crippen LogP contribution in [-0.4, -0.2) is 23.1 Å². The Hall–Kier alpha value is -1.33. The highest BCUT2D eigenvalue weighted by atomic mass is 79.9. The lowest BCUT2D eigenvalue weighted by atomic mass is 10.2. The van der Waals surface area contributed by atoms with Crippen LogP contribution in [-0.2, 0) is 20.1 Å².